The number of carbonyl (C=O) groups excluding carboxylic acids is 1. The predicted octanol–water partition coefficient (Wildman–Crippen LogP) is 2.73. The summed E-state index contributed by atoms with van der Waals surface area (Å²) in [5.41, 5.74) is 0.940. The molecule has 94 valence electrons. The number of nitrogens with zero attached hydrogens (tertiary/aromatic N) is 1. The molecule has 0 radical (unpaired) electrons. The van der Waals surface area contributed by atoms with Crippen LogP contribution in [0.2, 0.25) is 4.34 Å². The Bertz CT molecular complexity index is 615. The second-order valence-corrected chi connectivity index (χ2v) is 5.06. The monoisotopic (exact) mass is 283 g/mol. The average Bonchev–Trinajstić information content (AvgIpc) is 2.69. The van der Waals surface area contributed by atoms with E-state index in [-0.39, 0.29) is 11.5 Å². The van der Waals surface area contributed by atoms with E-state index in [0.29, 0.717) is 22.2 Å². The van der Waals surface area contributed by atoms with E-state index >= 15 is 0 Å². The van der Waals surface area contributed by atoms with Crippen molar-refractivity contribution in [2.45, 2.75) is 6.92 Å². The predicted molar refractivity (Wildman–Crippen MR) is 70.9 cm³/mol. The van der Waals surface area contributed by atoms with Gasteiger partial charge in [0, 0.05) is 6.07 Å². The summed E-state index contributed by atoms with van der Waals surface area (Å²) in [6.07, 6.45) is 0. The summed E-state index contributed by atoms with van der Waals surface area (Å²) in [5, 5.41) is 0. The summed E-state index contributed by atoms with van der Waals surface area (Å²) in [6, 6.07) is 7.95. The summed E-state index contributed by atoms with van der Waals surface area (Å²) in [4.78, 5) is 23.0. The third-order valence-corrected chi connectivity index (χ3v) is 3.41. The Hall–Kier alpha value is -1.59. The molecular weight excluding hydrogens is 274 g/mol. The Balaban J connectivity index is 2.30. The molecule has 0 spiro atoms. The SMILES string of the molecule is CCOC(=O)c1ccc(-n2sc(Cl)cc2=O)cc1. The van der Waals surface area contributed by atoms with Crippen molar-refractivity contribution in [2.75, 3.05) is 6.61 Å². The maximum absolute atomic E-state index is 11.6. The molecular formula is C12H10ClNO3S. The summed E-state index contributed by atoms with van der Waals surface area (Å²) in [6.45, 7) is 2.08. The molecule has 1 aromatic heterocycles. The number of carbonyl (C=O) groups is 1. The Kier molecular flexibility index (Phi) is 3.84. The topological polar surface area (TPSA) is 48.3 Å². The van der Waals surface area contributed by atoms with E-state index in [9.17, 15) is 9.59 Å². The molecule has 4 nitrogen and oxygen atoms in total. The number of ether oxygens (including phenoxy) is 1. The van der Waals surface area contributed by atoms with Gasteiger partial charge in [0.25, 0.3) is 5.56 Å². The molecule has 0 amide bonds. The maximum Gasteiger partial charge on any atom is 0.338 e. The zero-order valence-corrected chi connectivity index (χ0v) is 11.1. The van der Waals surface area contributed by atoms with Crippen molar-refractivity contribution in [1.82, 2.24) is 3.96 Å². The van der Waals surface area contributed by atoms with Crippen molar-refractivity contribution in [3.63, 3.8) is 0 Å². The number of benzene rings is 1. The molecule has 0 fully saturated rings. The van der Waals surface area contributed by atoms with Crippen molar-refractivity contribution in [2.24, 2.45) is 0 Å². The lowest BCUT2D eigenvalue weighted by Gasteiger charge is -2.03. The lowest BCUT2D eigenvalue weighted by molar-refractivity contribution is 0.0526. The molecule has 0 N–H and O–H groups in total. The van der Waals surface area contributed by atoms with E-state index in [2.05, 4.69) is 0 Å². The van der Waals surface area contributed by atoms with Gasteiger partial charge in [-0.05, 0) is 42.7 Å². The minimum absolute atomic E-state index is 0.186. The molecule has 2 aromatic rings. The molecule has 6 heteroatoms. The Morgan fingerprint density at radius 2 is 2.06 bits per heavy atom. The first-order valence-electron chi connectivity index (χ1n) is 5.28. The Morgan fingerprint density at radius 1 is 1.39 bits per heavy atom. The fourth-order valence-electron chi connectivity index (χ4n) is 1.44. The Morgan fingerprint density at radius 3 is 2.56 bits per heavy atom. The van der Waals surface area contributed by atoms with Gasteiger partial charge < -0.3 is 4.74 Å². The second kappa shape index (κ2) is 5.37. The van der Waals surface area contributed by atoms with E-state index in [4.69, 9.17) is 16.3 Å². The van der Waals surface area contributed by atoms with Gasteiger partial charge in [0.15, 0.2) is 0 Å². The molecule has 1 aromatic carbocycles. The molecule has 0 bridgehead atoms. The van der Waals surface area contributed by atoms with E-state index in [1.165, 1.54) is 10.0 Å². The molecule has 0 saturated heterocycles. The van der Waals surface area contributed by atoms with Crippen LogP contribution in [0.25, 0.3) is 5.69 Å². The van der Waals surface area contributed by atoms with Crippen molar-refractivity contribution in [3.8, 4) is 5.69 Å². The summed E-state index contributed by atoms with van der Waals surface area (Å²) in [7, 11) is 0. The highest BCUT2D eigenvalue weighted by Gasteiger charge is 2.08. The standard InChI is InChI=1S/C12H10ClNO3S/c1-2-17-12(16)8-3-5-9(6-4-8)14-11(15)7-10(13)18-14/h3-7H,2H2,1H3. The van der Waals surface area contributed by atoms with Crippen LogP contribution in [0.3, 0.4) is 0 Å². The van der Waals surface area contributed by atoms with Crippen molar-refractivity contribution in [3.05, 3.63) is 50.6 Å². The molecule has 1 heterocycles. The first-order valence-corrected chi connectivity index (χ1v) is 6.43. The van der Waals surface area contributed by atoms with Gasteiger partial charge in [-0.25, -0.2) is 8.75 Å². The first kappa shape index (κ1) is 12.9. The lowest BCUT2D eigenvalue weighted by atomic mass is 10.2. The van der Waals surface area contributed by atoms with E-state index < -0.39 is 0 Å². The highest BCUT2D eigenvalue weighted by molar-refractivity contribution is 7.11. The zero-order valence-electron chi connectivity index (χ0n) is 9.55. The number of hydrogen-bond donors (Lipinski definition) is 0. The fraction of sp³-hybridized carbons (Fsp3) is 0.167. The van der Waals surface area contributed by atoms with Crippen LogP contribution in [0.15, 0.2) is 35.1 Å². The van der Waals surface area contributed by atoms with E-state index in [1.54, 1.807) is 31.2 Å². The third kappa shape index (κ3) is 2.63. The molecule has 18 heavy (non-hydrogen) atoms. The van der Waals surface area contributed by atoms with Crippen LogP contribution in [0.4, 0.5) is 0 Å². The molecule has 0 atom stereocenters. The average molecular weight is 284 g/mol. The summed E-state index contributed by atoms with van der Waals surface area (Å²) >= 11 is 6.91. The molecule has 0 aliphatic heterocycles. The minimum Gasteiger partial charge on any atom is -0.462 e. The molecule has 0 unspecified atom stereocenters. The molecule has 0 saturated carbocycles. The van der Waals surface area contributed by atoms with Crippen molar-refractivity contribution >= 4 is 29.1 Å². The van der Waals surface area contributed by atoms with Gasteiger partial charge >= 0.3 is 5.97 Å². The Labute approximate surface area is 113 Å². The number of rotatable bonds is 3. The van der Waals surface area contributed by atoms with Crippen LogP contribution in [0, 0.1) is 0 Å². The summed E-state index contributed by atoms with van der Waals surface area (Å²) in [5.74, 6) is -0.374. The van der Waals surface area contributed by atoms with Gasteiger partial charge in [-0.3, -0.25) is 4.79 Å². The zero-order chi connectivity index (χ0) is 13.1. The second-order valence-electron chi connectivity index (χ2n) is 3.44. The molecule has 0 aliphatic carbocycles. The fourth-order valence-corrected chi connectivity index (χ4v) is 2.44. The minimum atomic E-state index is -0.374. The first-order chi connectivity index (χ1) is 8.61. The van der Waals surface area contributed by atoms with E-state index in [1.807, 2.05) is 0 Å². The number of esters is 1. The molecule has 2 rings (SSSR count). The van der Waals surface area contributed by atoms with Crippen molar-refractivity contribution in [1.29, 1.82) is 0 Å². The van der Waals surface area contributed by atoms with E-state index in [0.717, 1.165) is 11.5 Å². The van der Waals surface area contributed by atoms with Crippen LogP contribution in [-0.2, 0) is 4.74 Å². The van der Waals surface area contributed by atoms with Gasteiger partial charge in [-0.1, -0.05) is 11.6 Å². The van der Waals surface area contributed by atoms with Gasteiger partial charge in [-0.2, -0.15) is 0 Å². The summed E-state index contributed by atoms with van der Waals surface area (Å²) < 4.78 is 6.76. The highest BCUT2D eigenvalue weighted by Crippen LogP contribution is 2.17. The maximum atomic E-state index is 11.6. The smallest absolute Gasteiger partial charge is 0.338 e. The largest absolute Gasteiger partial charge is 0.462 e. The highest BCUT2D eigenvalue weighted by atomic mass is 35.5. The van der Waals surface area contributed by atoms with Crippen LogP contribution < -0.4 is 5.56 Å². The number of hydrogen-bond acceptors (Lipinski definition) is 4. The van der Waals surface area contributed by atoms with Crippen molar-refractivity contribution < 1.29 is 9.53 Å². The quantitative estimate of drug-likeness (QED) is 0.814. The lowest BCUT2D eigenvalue weighted by Crippen LogP contribution is -2.10. The number of halogens is 1. The normalized spacial score (nSPS) is 10.3. The third-order valence-electron chi connectivity index (χ3n) is 2.23. The van der Waals surface area contributed by atoms with Gasteiger partial charge in [-0.15, -0.1) is 0 Å². The van der Waals surface area contributed by atoms with Gasteiger partial charge in [0.2, 0.25) is 0 Å². The van der Waals surface area contributed by atoms with Crippen LogP contribution >= 0.6 is 23.1 Å². The van der Waals surface area contributed by atoms with Crippen LogP contribution in [-0.4, -0.2) is 16.5 Å². The van der Waals surface area contributed by atoms with Crippen LogP contribution in [0.5, 0.6) is 0 Å². The van der Waals surface area contributed by atoms with Crippen LogP contribution in [0.1, 0.15) is 17.3 Å². The van der Waals surface area contributed by atoms with Gasteiger partial charge in [0.05, 0.1) is 17.9 Å². The number of aromatic nitrogens is 1. The molecule has 0 aliphatic rings. The van der Waals surface area contributed by atoms with Gasteiger partial charge in [0.1, 0.15) is 4.34 Å².